The predicted octanol–water partition coefficient (Wildman–Crippen LogP) is 3.68. The molecule has 4 atom stereocenters. The average molecular weight is 303 g/mol. The fraction of sp³-hybridized carbons (Fsp3) is 0.684. The van der Waals surface area contributed by atoms with Crippen molar-refractivity contribution in [1.82, 2.24) is 5.32 Å². The number of aliphatic hydroxyl groups is 1. The van der Waals surface area contributed by atoms with Gasteiger partial charge in [0.2, 0.25) is 0 Å². The van der Waals surface area contributed by atoms with Crippen LogP contribution in [0.1, 0.15) is 57.1 Å². The van der Waals surface area contributed by atoms with E-state index in [-0.39, 0.29) is 6.04 Å². The van der Waals surface area contributed by atoms with Crippen molar-refractivity contribution in [3.05, 3.63) is 29.8 Å². The molecule has 3 heteroatoms. The second kappa shape index (κ2) is 7.01. The van der Waals surface area contributed by atoms with Crippen molar-refractivity contribution in [2.45, 2.75) is 63.6 Å². The van der Waals surface area contributed by atoms with Crippen LogP contribution in [0, 0.1) is 11.8 Å². The molecular weight excluding hydrogens is 274 g/mol. The van der Waals surface area contributed by atoms with Gasteiger partial charge in [0.25, 0.3) is 0 Å². The van der Waals surface area contributed by atoms with E-state index in [0.717, 1.165) is 23.1 Å². The molecule has 122 valence electrons. The largest absolute Gasteiger partial charge is 0.497 e. The Labute approximate surface area is 134 Å². The van der Waals surface area contributed by atoms with E-state index in [1.807, 2.05) is 24.3 Å². The van der Waals surface area contributed by atoms with Crippen LogP contribution in [0.2, 0.25) is 0 Å². The van der Waals surface area contributed by atoms with Gasteiger partial charge in [-0.2, -0.15) is 0 Å². The normalized spacial score (nSPS) is 28.1. The third-order valence-corrected chi connectivity index (χ3v) is 5.43. The molecule has 3 rings (SSSR count). The Bertz CT molecular complexity index is 469. The van der Waals surface area contributed by atoms with Crippen molar-refractivity contribution < 1.29 is 9.84 Å². The van der Waals surface area contributed by atoms with E-state index in [4.69, 9.17) is 4.74 Å². The van der Waals surface area contributed by atoms with Gasteiger partial charge in [-0.25, -0.2) is 0 Å². The first-order valence-corrected chi connectivity index (χ1v) is 8.75. The highest BCUT2D eigenvalue weighted by molar-refractivity contribution is 5.29. The van der Waals surface area contributed by atoms with Crippen LogP contribution in [-0.2, 0) is 0 Å². The Morgan fingerprint density at radius 3 is 2.45 bits per heavy atom. The molecule has 2 aliphatic rings. The Morgan fingerprint density at radius 1 is 1.09 bits per heavy atom. The zero-order chi connectivity index (χ0) is 15.5. The van der Waals surface area contributed by atoms with Gasteiger partial charge in [0.1, 0.15) is 5.75 Å². The highest BCUT2D eigenvalue weighted by Crippen LogP contribution is 2.44. The second-order valence-electron chi connectivity index (χ2n) is 7.13. The van der Waals surface area contributed by atoms with Gasteiger partial charge in [0.15, 0.2) is 0 Å². The summed E-state index contributed by atoms with van der Waals surface area (Å²) in [7, 11) is 1.66. The minimum atomic E-state index is -0.466. The van der Waals surface area contributed by atoms with Gasteiger partial charge in [0.05, 0.1) is 13.2 Å². The van der Waals surface area contributed by atoms with Crippen molar-refractivity contribution in [2.75, 3.05) is 7.11 Å². The lowest BCUT2D eigenvalue weighted by Gasteiger charge is -2.33. The fourth-order valence-electron chi connectivity index (χ4n) is 3.93. The summed E-state index contributed by atoms with van der Waals surface area (Å²) in [4.78, 5) is 0. The van der Waals surface area contributed by atoms with Crippen LogP contribution in [0.5, 0.6) is 5.75 Å². The molecule has 2 N–H and O–H groups in total. The van der Waals surface area contributed by atoms with Gasteiger partial charge in [-0.05, 0) is 62.1 Å². The summed E-state index contributed by atoms with van der Waals surface area (Å²) in [6, 6.07) is 8.38. The minimum absolute atomic E-state index is 0.0800. The van der Waals surface area contributed by atoms with Gasteiger partial charge >= 0.3 is 0 Å². The molecule has 0 bridgehead atoms. The quantitative estimate of drug-likeness (QED) is 0.842. The third kappa shape index (κ3) is 3.82. The number of hydrogen-bond acceptors (Lipinski definition) is 3. The van der Waals surface area contributed by atoms with E-state index >= 15 is 0 Å². The van der Waals surface area contributed by atoms with Gasteiger partial charge in [-0.3, -0.25) is 0 Å². The smallest absolute Gasteiger partial charge is 0.118 e. The SMILES string of the molecule is COc1ccc([C@H](O)[C@H](C)N[C@H]2CCC[C@@H](C3CC3)C2)cc1. The molecule has 2 saturated carbocycles. The molecule has 0 unspecified atom stereocenters. The van der Waals surface area contributed by atoms with Crippen molar-refractivity contribution in [2.24, 2.45) is 11.8 Å². The van der Waals surface area contributed by atoms with Crippen LogP contribution in [0.3, 0.4) is 0 Å². The molecule has 0 amide bonds. The lowest BCUT2D eigenvalue weighted by atomic mass is 9.82. The summed E-state index contributed by atoms with van der Waals surface area (Å²) in [6.07, 6.45) is 7.73. The van der Waals surface area contributed by atoms with E-state index in [1.165, 1.54) is 38.5 Å². The van der Waals surface area contributed by atoms with Crippen molar-refractivity contribution >= 4 is 0 Å². The van der Waals surface area contributed by atoms with Crippen LogP contribution < -0.4 is 10.1 Å². The van der Waals surface area contributed by atoms with Crippen LogP contribution in [0.4, 0.5) is 0 Å². The maximum absolute atomic E-state index is 10.6. The maximum Gasteiger partial charge on any atom is 0.118 e. The molecule has 0 aliphatic heterocycles. The van der Waals surface area contributed by atoms with Crippen molar-refractivity contribution in [1.29, 1.82) is 0 Å². The molecule has 0 radical (unpaired) electrons. The number of nitrogens with one attached hydrogen (secondary N) is 1. The van der Waals surface area contributed by atoms with E-state index in [1.54, 1.807) is 7.11 Å². The Balaban J connectivity index is 1.54. The van der Waals surface area contributed by atoms with Crippen molar-refractivity contribution in [3.8, 4) is 5.75 Å². The number of hydrogen-bond donors (Lipinski definition) is 2. The Hall–Kier alpha value is -1.06. The summed E-state index contributed by atoms with van der Waals surface area (Å²) in [5.74, 6) is 2.76. The molecule has 22 heavy (non-hydrogen) atoms. The minimum Gasteiger partial charge on any atom is -0.497 e. The molecule has 2 fully saturated rings. The fourth-order valence-corrected chi connectivity index (χ4v) is 3.93. The molecule has 2 aliphatic carbocycles. The Morgan fingerprint density at radius 2 is 1.82 bits per heavy atom. The van der Waals surface area contributed by atoms with Crippen LogP contribution >= 0.6 is 0 Å². The topological polar surface area (TPSA) is 41.5 Å². The molecule has 0 heterocycles. The third-order valence-electron chi connectivity index (χ3n) is 5.43. The lowest BCUT2D eigenvalue weighted by Crippen LogP contribution is -2.42. The molecule has 3 nitrogen and oxygen atoms in total. The van der Waals surface area contributed by atoms with Crippen LogP contribution in [0.15, 0.2) is 24.3 Å². The first-order valence-electron chi connectivity index (χ1n) is 8.75. The van der Waals surface area contributed by atoms with E-state index in [9.17, 15) is 5.11 Å². The number of rotatable bonds is 6. The molecule has 0 spiro atoms. The van der Waals surface area contributed by atoms with Gasteiger partial charge in [0, 0.05) is 12.1 Å². The molecular formula is C19H29NO2. The van der Waals surface area contributed by atoms with Gasteiger partial charge in [-0.1, -0.05) is 25.0 Å². The second-order valence-corrected chi connectivity index (χ2v) is 7.13. The van der Waals surface area contributed by atoms with Crippen LogP contribution in [-0.4, -0.2) is 24.3 Å². The number of aliphatic hydroxyl groups excluding tert-OH is 1. The number of methoxy groups -OCH3 is 1. The molecule has 0 saturated heterocycles. The number of benzene rings is 1. The summed E-state index contributed by atoms with van der Waals surface area (Å²) in [5.41, 5.74) is 0.954. The highest BCUT2D eigenvalue weighted by Gasteiger charge is 2.35. The monoisotopic (exact) mass is 303 g/mol. The summed E-state index contributed by atoms with van der Waals surface area (Å²) < 4.78 is 5.17. The van der Waals surface area contributed by atoms with Crippen molar-refractivity contribution in [3.63, 3.8) is 0 Å². The highest BCUT2D eigenvalue weighted by atomic mass is 16.5. The predicted molar refractivity (Wildman–Crippen MR) is 89.0 cm³/mol. The maximum atomic E-state index is 10.6. The zero-order valence-electron chi connectivity index (χ0n) is 13.8. The first-order chi connectivity index (χ1) is 10.7. The molecule has 0 aromatic heterocycles. The molecule has 1 aromatic carbocycles. The van der Waals surface area contributed by atoms with Gasteiger partial charge in [-0.15, -0.1) is 0 Å². The lowest BCUT2D eigenvalue weighted by molar-refractivity contribution is 0.119. The summed E-state index contributed by atoms with van der Waals surface area (Å²) >= 11 is 0. The Kier molecular flexibility index (Phi) is 5.04. The summed E-state index contributed by atoms with van der Waals surface area (Å²) in [6.45, 7) is 2.09. The first kappa shape index (κ1) is 15.8. The van der Waals surface area contributed by atoms with E-state index in [2.05, 4.69) is 12.2 Å². The average Bonchev–Trinajstić information content (AvgIpc) is 3.39. The van der Waals surface area contributed by atoms with Crippen LogP contribution in [0.25, 0.3) is 0 Å². The number of ether oxygens (including phenoxy) is 1. The van der Waals surface area contributed by atoms with E-state index < -0.39 is 6.10 Å². The van der Waals surface area contributed by atoms with E-state index in [0.29, 0.717) is 6.04 Å². The summed E-state index contributed by atoms with van der Waals surface area (Å²) in [5, 5.41) is 14.2. The standard InChI is InChI=1S/C19H29NO2/c1-13(19(21)15-8-10-18(22-2)11-9-15)20-17-5-3-4-16(12-17)14-6-7-14/h8-11,13-14,16-17,19-21H,3-7,12H2,1-2H3/t13-,16+,17-,19+/m0/s1. The van der Waals surface area contributed by atoms with Gasteiger partial charge < -0.3 is 15.2 Å². The molecule has 1 aromatic rings. The zero-order valence-corrected chi connectivity index (χ0v) is 13.8.